The van der Waals surface area contributed by atoms with Crippen molar-refractivity contribution in [3.8, 4) is 5.75 Å². The molecule has 0 saturated carbocycles. The highest BCUT2D eigenvalue weighted by molar-refractivity contribution is 9.10. The fourth-order valence-corrected chi connectivity index (χ4v) is 2.86. The molecule has 2 aromatic carbocycles. The van der Waals surface area contributed by atoms with Crippen molar-refractivity contribution < 1.29 is 14.3 Å². The minimum atomic E-state index is -0.117. The number of hydrogen-bond donors (Lipinski definition) is 1. The predicted molar refractivity (Wildman–Crippen MR) is 92.8 cm³/mol. The van der Waals surface area contributed by atoms with Crippen molar-refractivity contribution in [2.45, 2.75) is 6.42 Å². The lowest BCUT2D eigenvalue weighted by Gasteiger charge is -2.05. The minimum absolute atomic E-state index is 0.0426. The fraction of sp³-hybridized carbons (Fsp3) is 0.111. The number of amides is 1. The Kier molecular flexibility index (Phi) is 4.30. The quantitative estimate of drug-likeness (QED) is 0.655. The molecule has 0 unspecified atom stereocenters. The van der Waals surface area contributed by atoms with Crippen molar-refractivity contribution in [1.29, 1.82) is 0 Å². The number of carbonyl (C=O) groups is 2. The summed E-state index contributed by atoms with van der Waals surface area (Å²) < 4.78 is 6.19. The van der Waals surface area contributed by atoms with Gasteiger partial charge in [-0.1, -0.05) is 15.9 Å². The Hall–Kier alpha value is -2.40. The number of halogens is 1. The van der Waals surface area contributed by atoms with E-state index in [-0.39, 0.29) is 11.7 Å². The third-order valence-corrected chi connectivity index (χ3v) is 4.11. The Morgan fingerprint density at radius 3 is 2.87 bits per heavy atom. The van der Waals surface area contributed by atoms with Gasteiger partial charge >= 0.3 is 0 Å². The topological polar surface area (TPSA) is 55.4 Å². The first-order valence-electron chi connectivity index (χ1n) is 7.05. The van der Waals surface area contributed by atoms with Crippen LogP contribution in [0.4, 0.5) is 5.69 Å². The summed E-state index contributed by atoms with van der Waals surface area (Å²) in [6.45, 7) is 0. The number of hydrogen-bond acceptors (Lipinski definition) is 3. The molecular weight excluding hydrogens is 358 g/mol. The molecule has 2 aromatic rings. The van der Waals surface area contributed by atoms with Crippen molar-refractivity contribution in [3.05, 3.63) is 63.6 Å². The van der Waals surface area contributed by atoms with Gasteiger partial charge < -0.3 is 10.1 Å². The Morgan fingerprint density at radius 2 is 2.09 bits per heavy atom. The van der Waals surface area contributed by atoms with Gasteiger partial charge in [-0.15, -0.1) is 0 Å². The number of ether oxygens (including phenoxy) is 1. The van der Waals surface area contributed by atoms with Crippen LogP contribution in [0.2, 0.25) is 0 Å². The van der Waals surface area contributed by atoms with E-state index in [9.17, 15) is 9.59 Å². The van der Waals surface area contributed by atoms with E-state index in [2.05, 4.69) is 21.2 Å². The first-order valence-corrected chi connectivity index (χ1v) is 7.85. The van der Waals surface area contributed by atoms with Crippen molar-refractivity contribution >= 4 is 39.4 Å². The van der Waals surface area contributed by atoms with E-state index in [1.165, 1.54) is 6.08 Å². The summed E-state index contributed by atoms with van der Waals surface area (Å²) in [5.41, 5.74) is 3.01. The zero-order valence-corrected chi connectivity index (χ0v) is 14.0. The van der Waals surface area contributed by atoms with Crippen LogP contribution in [0.1, 0.15) is 21.5 Å². The molecule has 5 heteroatoms. The standard InChI is InChI=1S/C18H14BrNO3/c1-23-17-7-4-14(19)9-12(17)3-6-16(21)11-2-5-15-13(8-11)10-18(22)20-15/h2-9H,10H2,1H3,(H,20,22)/b6-3+. The zero-order chi connectivity index (χ0) is 16.4. The summed E-state index contributed by atoms with van der Waals surface area (Å²) in [4.78, 5) is 23.7. The van der Waals surface area contributed by atoms with E-state index in [0.29, 0.717) is 17.7 Å². The van der Waals surface area contributed by atoms with E-state index in [4.69, 9.17) is 4.74 Å². The SMILES string of the molecule is COc1ccc(Br)cc1/C=C/C(=O)c1ccc2c(c1)CC(=O)N2. The molecule has 1 amide bonds. The molecule has 0 aliphatic carbocycles. The molecule has 0 aromatic heterocycles. The largest absolute Gasteiger partial charge is 0.496 e. The van der Waals surface area contributed by atoms with Gasteiger partial charge in [-0.25, -0.2) is 0 Å². The second kappa shape index (κ2) is 6.38. The van der Waals surface area contributed by atoms with Crippen molar-refractivity contribution in [1.82, 2.24) is 0 Å². The van der Waals surface area contributed by atoms with Crippen LogP contribution < -0.4 is 10.1 Å². The van der Waals surface area contributed by atoms with Crippen LogP contribution >= 0.6 is 15.9 Å². The molecule has 0 radical (unpaired) electrons. The Bertz CT molecular complexity index is 827. The first-order chi connectivity index (χ1) is 11.1. The molecule has 0 atom stereocenters. The van der Waals surface area contributed by atoms with Gasteiger partial charge in [0.15, 0.2) is 5.78 Å². The molecule has 1 aliphatic heterocycles. The molecule has 1 aliphatic rings. The van der Waals surface area contributed by atoms with E-state index in [1.807, 2.05) is 18.2 Å². The summed E-state index contributed by atoms with van der Waals surface area (Å²) in [6, 6.07) is 10.8. The summed E-state index contributed by atoms with van der Waals surface area (Å²) in [6.07, 6.45) is 3.55. The van der Waals surface area contributed by atoms with E-state index >= 15 is 0 Å². The van der Waals surface area contributed by atoms with Crippen LogP contribution in [0.3, 0.4) is 0 Å². The average molecular weight is 372 g/mol. The third-order valence-electron chi connectivity index (χ3n) is 3.62. The van der Waals surface area contributed by atoms with Crippen LogP contribution in [0.15, 0.2) is 46.9 Å². The molecule has 4 nitrogen and oxygen atoms in total. The molecule has 0 bridgehead atoms. The summed E-state index contributed by atoms with van der Waals surface area (Å²) >= 11 is 3.40. The number of benzene rings is 2. The lowest BCUT2D eigenvalue weighted by Crippen LogP contribution is -2.03. The maximum absolute atomic E-state index is 12.3. The second-order valence-electron chi connectivity index (χ2n) is 5.18. The van der Waals surface area contributed by atoms with E-state index < -0.39 is 0 Å². The predicted octanol–water partition coefficient (Wildman–Crippen LogP) is 3.85. The Labute approximate surface area is 142 Å². The van der Waals surface area contributed by atoms with Crippen molar-refractivity contribution in [2.75, 3.05) is 12.4 Å². The molecule has 0 fully saturated rings. The monoisotopic (exact) mass is 371 g/mol. The smallest absolute Gasteiger partial charge is 0.228 e. The molecule has 23 heavy (non-hydrogen) atoms. The molecule has 1 N–H and O–H groups in total. The molecule has 3 rings (SSSR count). The highest BCUT2D eigenvalue weighted by Crippen LogP contribution is 2.26. The van der Waals surface area contributed by atoms with Gasteiger partial charge in [-0.2, -0.15) is 0 Å². The number of allylic oxidation sites excluding steroid dienone is 1. The number of carbonyl (C=O) groups excluding carboxylic acids is 2. The number of fused-ring (bicyclic) bond motifs is 1. The van der Waals surface area contributed by atoms with Crippen LogP contribution in [0, 0.1) is 0 Å². The van der Waals surface area contributed by atoms with Gasteiger partial charge in [0.05, 0.1) is 13.5 Å². The normalized spacial score (nSPS) is 13.0. The van der Waals surface area contributed by atoms with Crippen molar-refractivity contribution in [3.63, 3.8) is 0 Å². The Morgan fingerprint density at radius 1 is 1.26 bits per heavy atom. The third kappa shape index (κ3) is 3.35. The van der Waals surface area contributed by atoms with Gasteiger partial charge in [0.25, 0.3) is 0 Å². The van der Waals surface area contributed by atoms with Gasteiger partial charge in [0, 0.05) is 21.3 Å². The first kappa shape index (κ1) is 15.5. The number of ketones is 1. The van der Waals surface area contributed by atoms with Crippen LogP contribution in [0.25, 0.3) is 6.08 Å². The minimum Gasteiger partial charge on any atom is -0.496 e. The zero-order valence-electron chi connectivity index (χ0n) is 12.4. The van der Waals surface area contributed by atoms with Gasteiger partial charge in [0.1, 0.15) is 5.75 Å². The maximum Gasteiger partial charge on any atom is 0.228 e. The number of nitrogens with one attached hydrogen (secondary N) is 1. The highest BCUT2D eigenvalue weighted by atomic mass is 79.9. The Balaban J connectivity index is 1.84. The fourth-order valence-electron chi connectivity index (χ4n) is 2.48. The number of anilines is 1. The van der Waals surface area contributed by atoms with E-state index in [1.54, 1.807) is 31.4 Å². The van der Waals surface area contributed by atoms with E-state index in [0.717, 1.165) is 21.3 Å². The highest BCUT2D eigenvalue weighted by Gasteiger charge is 2.18. The van der Waals surface area contributed by atoms with Gasteiger partial charge in [-0.3, -0.25) is 9.59 Å². The second-order valence-corrected chi connectivity index (χ2v) is 6.10. The lowest BCUT2D eigenvalue weighted by molar-refractivity contribution is -0.115. The van der Waals surface area contributed by atoms with Crippen LogP contribution in [-0.4, -0.2) is 18.8 Å². The maximum atomic E-state index is 12.3. The molecule has 1 heterocycles. The van der Waals surface area contributed by atoms with Crippen molar-refractivity contribution in [2.24, 2.45) is 0 Å². The number of methoxy groups -OCH3 is 1. The number of rotatable bonds is 4. The lowest BCUT2D eigenvalue weighted by atomic mass is 10.0. The van der Waals surface area contributed by atoms with Gasteiger partial charge in [0.2, 0.25) is 5.91 Å². The van der Waals surface area contributed by atoms with Crippen LogP contribution in [-0.2, 0) is 11.2 Å². The van der Waals surface area contributed by atoms with Crippen LogP contribution in [0.5, 0.6) is 5.75 Å². The summed E-state index contributed by atoms with van der Waals surface area (Å²) in [5, 5.41) is 2.75. The molecule has 116 valence electrons. The summed E-state index contributed by atoms with van der Waals surface area (Å²) in [5.74, 6) is 0.536. The average Bonchev–Trinajstić information content (AvgIpc) is 2.91. The summed E-state index contributed by atoms with van der Waals surface area (Å²) in [7, 11) is 1.59. The molecule has 0 spiro atoms. The molecular formula is C18H14BrNO3. The van der Waals surface area contributed by atoms with Gasteiger partial charge in [-0.05, 0) is 54.1 Å². The molecule has 0 saturated heterocycles.